The van der Waals surface area contributed by atoms with Crippen molar-refractivity contribution in [2.24, 2.45) is 0 Å². The highest BCUT2D eigenvalue weighted by Gasteiger charge is 2.16. The average Bonchev–Trinajstić information content (AvgIpc) is 2.55. The first-order chi connectivity index (χ1) is 6.61. The smallest absolute Gasteiger partial charge is 0.265 e. The van der Waals surface area contributed by atoms with E-state index >= 15 is 0 Å². The Morgan fingerprint density at radius 3 is 2.71 bits per heavy atom. The van der Waals surface area contributed by atoms with Gasteiger partial charge in [-0.05, 0) is 12.1 Å². The number of halogens is 3. The van der Waals surface area contributed by atoms with Gasteiger partial charge in [0.1, 0.15) is 0 Å². The Kier molecular flexibility index (Phi) is 2.33. The van der Waals surface area contributed by atoms with Gasteiger partial charge in [0, 0.05) is 21.0 Å². The predicted octanol–water partition coefficient (Wildman–Crippen LogP) is 4.07. The first-order valence-electron chi connectivity index (χ1n) is 3.84. The quantitative estimate of drug-likeness (QED) is 0.738. The lowest BCUT2D eigenvalue weighted by Gasteiger charge is -2.02. The lowest BCUT2D eigenvalue weighted by atomic mass is 10.1. The minimum Gasteiger partial charge on any atom is -0.398 e. The molecule has 0 aliphatic heterocycles. The molecule has 0 bridgehead atoms. The summed E-state index contributed by atoms with van der Waals surface area (Å²) in [7, 11) is 0. The fourth-order valence-corrected chi connectivity index (χ4v) is 2.58. The van der Waals surface area contributed by atoms with E-state index in [9.17, 15) is 8.78 Å². The van der Waals surface area contributed by atoms with Crippen molar-refractivity contribution in [3.63, 3.8) is 0 Å². The molecule has 0 unspecified atom stereocenters. The number of alkyl halides is 2. The molecule has 1 heterocycles. The van der Waals surface area contributed by atoms with E-state index in [1.807, 2.05) is 0 Å². The zero-order chi connectivity index (χ0) is 10.3. The van der Waals surface area contributed by atoms with E-state index in [-0.39, 0.29) is 10.6 Å². The van der Waals surface area contributed by atoms with E-state index in [4.69, 9.17) is 17.3 Å². The molecule has 5 heteroatoms. The molecule has 0 spiro atoms. The third-order valence-corrected chi connectivity index (χ3v) is 3.34. The second-order valence-electron chi connectivity index (χ2n) is 2.83. The number of rotatable bonds is 1. The van der Waals surface area contributed by atoms with Crippen LogP contribution in [0.15, 0.2) is 17.5 Å². The van der Waals surface area contributed by atoms with Crippen molar-refractivity contribution in [3.05, 3.63) is 28.1 Å². The van der Waals surface area contributed by atoms with Crippen LogP contribution in [-0.4, -0.2) is 0 Å². The predicted molar refractivity (Wildman–Crippen MR) is 56.2 cm³/mol. The summed E-state index contributed by atoms with van der Waals surface area (Å²) >= 11 is 7.11. The number of anilines is 1. The van der Waals surface area contributed by atoms with Gasteiger partial charge in [0.25, 0.3) is 6.43 Å². The third-order valence-electron chi connectivity index (χ3n) is 1.97. The molecule has 0 radical (unpaired) electrons. The minimum atomic E-state index is -2.51. The molecule has 0 aliphatic carbocycles. The third kappa shape index (κ3) is 1.35. The summed E-state index contributed by atoms with van der Waals surface area (Å²) in [5.74, 6) is 0. The van der Waals surface area contributed by atoms with Gasteiger partial charge in [-0.3, -0.25) is 0 Å². The van der Waals surface area contributed by atoms with Crippen LogP contribution in [0.4, 0.5) is 14.5 Å². The van der Waals surface area contributed by atoms with Crippen LogP contribution in [-0.2, 0) is 0 Å². The van der Waals surface area contributed by atoms with E-state index in [1.54, 1.807) is 12.1 Å². The molecule has 2 aromatic rings. The Labute approximate surface area is 88.1 Å². The normalized spacial score (nSPS) is 11.4. The Hall–Kier alpha value is -0.870. The fraction of sp³-hybridized carbons (Fsp3) is 0.111. The highest BCUT2D eigenvalue weighted by Crippen LogP contribution is 2.39. The number of fused-ring (bicyclic) bond motifs is 1. The van der Waals surface area contributed by atoms with Gasteiger partial charge in [-0.1, -0.05) is 11.6 Å². The van der Waals surface area contributed by atoms with E-state index in [0.717, 1.165) is 4.70 Å². The molecule has 0 saturated heterocycles. The Balaban J connectivity index is 2.82. The van der Waals surface area contributed by atoms with Gasteiger partial charge in [0.2, 0.25) is 0 Å². The van der Waals surface area contributed by atoms with Gasteiger partial charge in [0.05, 0.1) is 10.7 Å². The van der Waals surface area contributed by atoms with Crippen molar-refractivity contribution in [2.75, 3.05) is 5.73 Å². The monoisotopic (exact) mass is 233 g/mol. The minimum absolute atomic E-state index is 0.0395. The van der Waals surface area contributed by atoms with Crippen molar-refractivity contribution in [2.45, 2.75) is 6.43 Å². The van der Waals surface area contributed by atoms with E-state index < -0.39 is 6.43 Å². The van der Waals surface area contributed by atoms with Crippen LogP contribution in [0.3, 0.4) is 0 Å². The molecule has 1 nitrogen and oxygen atoms in total. The Bertz CT molecular complexity index is 481. The number of nitrogen functional groups attached to an aromatic ring is 1. The van der Waals surface area contributed by atoms with Crippen LogP contribution >= 0.6 is 22.9 Å². The average molecular weight is 234 g/mol. The summed E-state index contributed by atoms with van der Waals surface area (Å²) in [4.78, 5) is 0. The molecule has 1 aromatic heterocycles. The van der Waals surface area contributed by atoms with E-state index in [1.165, 1.54) is 16.7 Å². The lowest BCUT2D eigenvalue weighted by molar-refractivity contribution is 0.153. The molecule has 74 valence electrons. The second kappa shape index (κ2) is 3.37. The number of hydrogen-bond donors (Lipinski definition) is 1. The number of benzene rings is 1. The number of thiophene rings is 1. The summed E-state index contributed by atoms with van der Waals surface area (Å²) < 4.78 is 25.8. The standard InChI is InChI=1S/C9H6ClF2NS/c10-8-5(13)1-2-6-7(8)4(3-14-6)9(11)12/h1-3,9H,13H2. The molecule has 0 amide bonds. The molecule has 0 aliphatic rings. The summed E-state index contributed by atoms with van der Waals surface area (Å²) in [5, 5.41) is 2.02. The topological polar surface area (TPSA) is 26.0 Å². The highest BCUT2D eigenvalue weighted by molar-refractivity contribution is 7.17. The van der Waals surface area contributed by atoms with Crippen molar-refractivity contribution in [3.8, 4) is 0 Å². The van der Waals surface area contributed by atoms with E-state index in [0.29, 0.717) is 11.1 Å². The molecule has 0 fully saturated rings. The molecular weight excluding hydrogens is 228 g/mol. The van der Waals surface area contributed by atoms with Gasteiger partial charge < -0.3 is 5.73 Å². The van der Waals surface area contributed by atoms with Crippen molar-refractivity contribution in [1.82, 2.24) is 0 Å². The molecule has 14 heavy (non-hydrogen) atoms. The maximum absolute atomic E-state index is 12.5. The molecule has 0 atom stereocenters. The first kappa shape index (κ1) is 9.68. The Morgan fingerprint density at radius 1 is 1.36 bits per heavy atom. The molecule has 1 aromatic carbocycles. The van der Waals surface area contributed by atoms with Gasteiger partial charge in [-0.15, -0.1) is 11.3 Å². The van der Waals surface area contributed by atoms with Gasteiger partial charge in [-0.2, -0.15) is 0 Å². The van der Waals surface area contributed by atoms with Crippen LogP contribution in [0.5, 0.6) is 0 Å². The molecule has 2 rings (SSSR count). The van der Waals surface area contributed by atoms with E-state index in [2.05, 4.69) is 0 Å². The lowest BCUT2D eigenvalue weighted by Crippen LogP contribution is -1.87. The Morgan fingerprint density at radius 2 is 2.07 bits per heavy atom. The van der Waals surface area contributed by atoms with Crippen molar-refractivity contribution >= 4 is 38.7 Å². The summed E-state index contributed by atoms with van der Waals surface area (Å²) in [6.45, 7) is 0. The second-order valence-corrected chi connectivity index (χ2v) is 4.12. The zero-order valence-corrected chi connectivity index (χ0v) is 8.50. The summed E-state index contributed by atoms with van der Waals surface area (Å²) in [6.07, 6.45) is -2.51. The maximum atomic E-state index is 12.5. The van der Waals surface area contributed by atoms with Crippen LogP contribution in [0.2, 0.25) is 5.02 Å². The molecule has 0 saturated carbocycles. The van der Waals surface area contributed by atoms with Gasteiger partial charge in [0.15, 0.2) is 0 Å². The largest absolute Gasteiger partial charge is 0.398 e. The SMILES string of the molecule is Nc1ccc2scc(C(F)F)c2c1Cl. The van der Waals surface area contributed by atoms with Crippen LogP contribution < -0.4 is 5.73 Å². The van der Waals surface area contributed by atoms with Crippen LogP contribution in [0, 0.1) is 0 Å². The molecular formula is C9H6ClF2NS. The summed E-state index contributed by atoms with van der Waals surface area (Å²) in [6, 6.07) is 3.32. The summed E-state index contributed by atoms with van der Waals surface area (Å²) in [5.41, 5.74) is 5.84. The number of nitrogens with two attached hydrogens (primary N) is 1. The van der Waals surface area contributed by atoms with Crippen molar-refractivity contribution in [1.29, 1.82) is 0 Å². The first-order valence-corrected chi connectivity index (χ1v) is 5.10. The highest BCUT2D eigenvalue weighted by atomic mass is 35.5. The number of hydrogen-bond acceptors (Lipinski definition) is 2. The van der Waals surface area contributed by atoms with Gasteiger partial charge >= 0.3 is 0 Å². The van der Waals surface area contributed by atoms with Crippen LogP contribution in [0.25, 0.3) is 10.1 Å². The van der Waals surface area contributed by atoms with Crippen LogP contribution in [0.1, 0.15) is 12.0 Å². The fourth-order valence-electron chi connectivity index (χ4n) is 1.29. The molecule has 2 N–H and O–H groups in total. The maximum Gasteiger partial charge on any atom is 0.265 e. The zero-order valence-electron chi connectivity index (χ0n) is 6.93. The van der Waals surface area contributed by atoms with Crippen molar-refractivity contribution < 1.29 is 8.78 Å². The van der Waals surface area contributed by atoms with Gasteiger partial charge in [-0.25, -0.2) is 8.78 Å².